The average molecular weight is 415 g/mol. The summed E-state index contributed by atoms with van der Waals surface area (Å²) >= 11 is 0. The summed E-state index contributed by atoms with van der Waals surface area (Å²) in [5.74, 6) is 0.518. The van der Waals surface area contributed by atoms with Crippen LogP contribution in [-0.4, -0.2) is 54.4 Å². The molecule has 2 aromatic rings. The van der Waals surface area contributed by atoms with Crippen LogP contribution in [0, 0.1) is 11.3 Å². The van der Waals surface area contributed by atoms with Crippen molar-refractivity contribution in [3.05, 3.63) is 48.0 Å². The average Bonchev–Trinajstić information content (AvgIpc) is 3.23. The molecule has 29 heavy (non-hydrogen) atoms. The molecule has 1 spiro atoms. The van der Waals surface area contributed by atoms with Crippen LogP contribution in [0.2, 0.25) is 0 Å². The van der Waals surface area contributed by atoms with Crippen molar-refractivity contribution in [3.8, 4) is 6.07 Å². The molecule has 1 aromatic carbocycles. The van der Waals surface area contributed by atoms with Crippen molar-refractivity contribution in [1.82, 2.24) is 19.2 Å². The number of carbonyl (C=O) groups is 1. The molecular formula is C19H21N5O4S. The molecule has 1 N–H and O–H groups in total. The van der Waals surface area contributed by atoms with Crippen LogP contribution in [-0.2, 0) is 31.7 Å². The molecule has 4 rings (SSSR count). The van der Waals surface area contributed by atoms with E-state index < -0.39 is 21.7 Å². The number of nitriles is 1. The molecule has 1 unspecified atom stereocenters. The predicted octanol–water partition coefficient (Wildman–Crippen LogP) is 0.580. The molecule has 2 aliphatic heterocycles. The minimum absolute atomic E-state index is 0.154. The van der Waals surface area contributed by atoms with Gasteiger partial charge in [0.1, 0.15) is 11.4 Å². The van der Waals surface area contributed by atoms with E-state index in [2.05, 4.69) is 10.3 Å². The van der Waals surface area contributed by atoms with E-state index in [1.165, 1.54) is 28.6 Å². The summed E-state index contributed by atoms with van der Waals surface area (Å²) in [6, 6.07) is 7.86. The molecule has 0 bridgehead atoms. The van der Waals surface area contributed by atoms with Crippen LogP contribution in [0.3, 0.4) is 0 Å². The number of imidazole rings is 1. The van der Waals surface area contributed by atoms with E-state index in [1.54, 1.807) is 13.2 Å². The molecular weight excluding hydrogens is 394 g/mol. The standard InChI is InChI=1S/C19H21N5O4S/c1-21-17(25)16-13-23-11-8-22-18(23)19(28-16)6-9-24(10-7-19)29(26,27)15-4-2-14(12-20)3-5-15/h2-5,8,11,16H,6-7,9-10,13H2,1H3,(H,21,25). The van der Waals surface area contributed by atoms with Crippen molar-refractivity contribution in [2.24, 2.45) is 0 Å². The van der Waals surface area contributed by atoms with E-state index in [9.17, 15) is 13.2 Å². The number of benzene rings is 1. The third-order valence-corrected chi connectivity index (χ3v) is 7.46. The van der Waals surface area contributed by atoms with Crippen molar-refractivity contribution in [2.75, 3.05) is 20.1 Å². The minimum Gasteiger partial charge on any atom is -0.357 e. The molecule has 0 radical (unpaired) electrons. The highest BCUT2D eigenvalue weighted by molar-refractivity contribution is 7.89. The second kappa shape index (κ2) is 7.26. The van der Waals surface area contributed by atoms with Gasteiger partial charge in [0.25, 0.3) is 5.91 Å². The lowest BCUT2D eigenvalue weighted by atomic mass is 9.89. The van der Waals surface area contributed by atoms with Crippen molar-refractivity contribution in [1.29, 1.82) is 5.26 Å². The third-order valence-electron chi connectivity index (χ3n) is 5.54. The maximum Gasteiger partial charge on any atom is 0.250 e. The monoisotopic (exact) mass is 415 g/mol. The van der Waals surface area contributed by atoms with Gasteiger partial charge >= 0.3 is 0 Å². The summed E-state index contributed by atoms with van der Waals surface area (Å²) in [6.45, 7) is 0.870. The Labute approximate surface area is 169 Å². The highest BCUT2D eigenvalue weighted by Crippen LogP contribution is 2.41. The number of likely N-dealkylation sites (N-methyl/N-ethyl adjacent to an activating group) is 1. The summed E-state index contributed by atoms with van der Waals surface area (Å²) in [7, 11) is -2.11. The molecule has 3 heterocycles. The zero-order valence-corrected chi connectivity index (χ0v) is 16.7. The van der Waals surface area contributed by atoms with Gasteiger partial charge in [-0.3, -0.25) is 4.79 Å². The maximum absolute atomic E-state index is 13.0. The number of sulfonamides is 1. The first-order valence-corrected chi connectivity index (χ1v) is 10.7. The smallest absolute Gasteiger partial charge is 0.250 e. The van der Waals surface area contributed by atoms with Crippen LogP contribution < -0.4 is 5.32 Å². The normalized spacial score (nSPS) is 21.3. The second-order valence-electron chi connectivity index (χ2n) is 7.16. The molecule has 152 valence electrons. The van der Waals surface area contributed by atoms with Gasteiger partial charge in [0.2, 0.25) is 10.0 Å². The molecule has 1 saturated heterocycles. The van der Waals surface area contributed by atoms with Gasteiger partial charge < -0.3 is 14.6 Å². The van der Waals surface area contributed by atoms with Crippen molar-refractivity contribution in [3.63, 3.8) is 0 Å². The van der Waals surface area contributed by atoms with Crippen molar-refractivity contribution >= 4 is 15.9 Å². The molecule has 0 saturated carbocycles. The van der Waals surface area contributed by atoms with Gasteiger partial charge in [-0.1, -0.05) is 0 Å². The number of aromatic nitrogens is 2. The van der Waals surface area contributed by atoms with Crippen LogP contribution in [0.25, 0.3) is 0 Å². The molecule has 1 fully saturated rings. The van der Waals surface area contributed by atoms with Gasteiger partial charge in [-0.2, -0.15) is 9.57 Å². The second-order valence-corrected chi connectivity index (χ2v) is 9.10. The zero-order chi connectivity index (χ0) is 20.6. The minimum atomic E-state index is -3.68. The number of piperidine rings is 1. The van der Waals surface area contributed by atoms with Gasteiger partial charge in [0.05, 0.1) is 23.1 Å². The molecule has 9 nitrogen and oxygen atoms in total. The lowest BCUT2D eigenvalue weighted by Gasteiger charge is -2.45. The molecule has 1 amide bonds. The van der Waals surface area contributed by atoms with Crippen LogP contribution in [0.1, 0.15) is 24.2 Å². The summed E-state index contributed by atoms with van der Waals surface area (Å²) in [4.78, 5) is 16.8. The van der Waals surface area contributed by atoms with E-state index in [-0.39, 0.29) is 23.9 Å². The van der Waals surface area contributed by atoms with Crippen molar-refractivity contribution < 1.29 is 17.9 Å². The Bertz CT molecular complexity index is 1060. The Morgan fingerprint density at radius 3 is 2.62 bits per heavy atom. The first kappa shape index (κ1) is 19.6. The number of amides is 1. The number of carbonyl (C=O) groups excluding carboxylic acids is 1. The van der Waals surface area contributed by atoms with Gasteiger partial charge in [-0.15, -0.1) is 0 Å². The van der Waals surface area contributed by atoms with Gasteiger partial charge in [-0.25, -0.2) is 13.4 Å². The number of rotatable bonds is 3. The Morgan fingerprint density at radius 1 is 1.31 bits per heavy atom. The molecule has 2 aliphatic rings. The van der Waals surface area contributed by atoms with Crippen molar-refractivity contribution in [2.45, 2.75) is 36.0 Å². The fourth-order valence-corrected chi connectivity index (χ4v) is 5.42. The Morgan fingerprint density at radius 2 is 2.00 bits per heavy atom. The summed E-state index contributed by atoms with van der Waals surface area (Å²) < 4.78 is 35.5. The van der Waals surface area contributed by atoms with Crippen LogP contribution in [0.4, 0.5) is 0 Å². The highest BCUT2D eigenvalue weighted by Gasteiger charge is 2.48. The Hall–Kier alpha value is -2.74. The molecule has 10 heteroatoms. The first-order chi connectivity index (χ1) is 13.9. The fourth-order valence-electron chi connectivity index (χ4n) is 3.97. The zero-order valence-electron chi connectivity index (χ0n) is 15.9. The third kappa shape index (κ3) is 3.31. The number of hydrogen-bond acceptors (Lipinski definition) is 6. The largest absolute Gasteiger partial charge is 0.357 e. The number of fused-ring (bicyclic) bond motifs is 2. The lowest BCUT2D eigenvalue weighted by molar-refractivity contribution is -0.170. The Balaban J connectivity index is 1.57. The van der Waals surface area contributed by atoms with E-state index in [4.69, 9.17) is 10.00 Å². The number of nitrogens with zero attached hydrogens (tertiary/aromatic N) is 4. The van der Waals surface area contributed by atoms with Gasteiger partial charge in [0, 0.05) is 32.5 Å². The lowest BCUT2D eigenvalue weighted by Crippen LogP contribution is -2.54. The van der Waals surface area contributed by atoms with E-state index >= 15 is 0 Å². The number of nitrogens with one attached hydrogen (secondary N) is 1. The maximum atomic E-state index is 13.0. The summed E-state index contributed by atoms with van der Waals surface area (Å²) in [5.41, 5.74) is -0.389. The topological polar surface area (TPSA) is 117 Å². The number of ether oxygens (including phenoxy) is 1. The van der Waals surface area contributed by atoms with E-state index in [0.717, 1.165) is 5.82 Å². The SMILES string of the molecule is CNC(=O)C1Cn2ccnc2C2(CCN(S(=O)(=O)c3ccc(C#N)cc3)CC2)O1. The highest BCUT2D eigenvalue weighted by atomic mass is 32.2. The molecule has 1 atom stereocenters. The number of hydrogen-bond donors (Lipinski definition) is 1. The Kier molecular flexibility index (Phi) is 4.90. The van der Waals surface area contributed by atoms with Crippen LogP contribution >= 0.6 is 0 Å². The molecule has 0 aliphatic carbocycles. The first-order valence-electron chi connectivity index (χ1n) is 9.31. The fraction of sp³-hybridized carbons (Fsp3) is 0.421. The van der Waals surface area contributed by atoms with Crippen LogP contribution in [0.15, 0.2) is 41.6 Å². The predicted molar refractivity (Wildman–Crippen MR) is 102 cm³/mol. The van der Waals surface area contributed by atoms with Crippen LogP contribution in [0.5, 0.6) is 0 Å². The van der Waals surface area contributed by atoms with Gasteiger partial charge in [-0.05, 0) is 37.1 Å². The summed E-state index contributed by atoms with van der Waals surface area (Å²) in [6.07, 6.45) is 3.63. The molecule has 1 aromatic heterocycles. The van der Waals surface area contributed by atoms with Gasteiger partial charge in [0.15, 0.2) is 6.10 Å². The van der Waals surface area contributed by atoms with E-state index in [1.807, 2.05) is 16.8 Å². The quantitative estimate of drug-likeness (QED) is 0.784. The van der Waals surface area contributed by atoms with E-state index in [0.29, 0.717) is 24.9 Å². The summed E-state index contributed by atoms with van der Waals surface area (Å²) in [5, 5.41) is 11.5.